The molecule has 1 rings (SSSR count). The Bertz CT molecular complexity index is 373. The summed E-state index contributed by atoms with van der Waals surface area (Å²) in [5, 5.41) is 9.19. The van der Waals surface area contributed by atoms with Crippen molar-refractivity contribution in [1.29, 1.82) is 0 Å². The molecule has 0 aliphatic heterocycles. The van der Waals surface area contributed by atoms with Gasteiger partial charge in [-0.3, -0.25) is 0 Å². The van der Waals surface area contributed by atoms with Crippen LogP contribution in [0.5, 0.6) is 0 Å². The Morgan fingerprint density at radius 1 is 1.40 bits per heavy atom. The second-order valence-electron chi connectivity index (χ2n) is 2.91. The van der Waals surface area contributed by atoms with Crippen LogP contribution in [0.3, 0.4) is 0 Å². The van der Waals surface area contributed by atoms with Crippen LogP contribution in [0.15, 0.2) is 30.9 Å². The lowest BCUT2D eigenvalue weighted by molar-refractivity contribution is -0.137. The molecule has 1 atom stereocenters. The molecular formula is C10H8ClF3O. The maximum Gasteiger partial charge on any atom is 0.416 e. The topological polar surface area (TPSA) is 20.2 Å². The molecule has 1 aromatic carbocycles. The van der Waals surface area contributed by atoms with E-state index in [1.807, 2.05) is 0 Å². The van der Waals surface area contributed by atoms with Gasteiger partial charge in [-0.15, -0.1) is 6.58 Å². The van der Waals surface area contributed by atoms with E-state index in [0.29, 0.717) is 0 Å². The van der Waals surface area contributed by atoms with Crippen molar-refractivity contribution in [3.63, 3.8) is 0 Å². The summed E-state index contributed by atoms with van der Waals surface area (Å²) in [6.45, 7) is 3.32. The zero-order chi connectivity index (χ0) is 11.6. The van der Waals surface area contributed by atoms with Gasteiger partial charge in [0.25, 0.3) is 0 Å². The highest BCUT2D eigenvalue weighted by Gasteiger charge is 2.31. The monoisotopic (exact) mass is 236 g/mol. The van der Waals surface area contributed by atoms with Crippen LogP contribution >= 0.6 is 11.6 Å². The van der Waals surface area contributed by atoms with Crippen molar-refractivity contribution in [1.82, 2.24) is 0 Å². The van der Waals surface area contributed by atoms with Crippen molar-refractivity contribution >= 4 is 11.6 Å². The molecule has 0 saturated carbocycles. The van der Waals surface area contributed by atoms with Gasteiger partial charge < -0.3 is 5.11 Å². The van der Waals surface area contributed by atoms with Crippen molar-refractivity contribution in [2.24, 2.45) is 0 Å². The van der Waals surface area contributed by atoms with Crippen molar-refractivity contribution < 1.29 is 18.3 Å². The molecule has 0 radical (unpaired) electrons. The van der Waals surface area contributed by atoms with E-state index in [4.69, 9.17) is 11.6 Å². The van der Waals surface area contributed by atoms with Crippen LogP contribution in [0, 0.1) is 0 Å². The molecule has 1 nitrogen and oxygen atoms in total. The molecule has 82 valence electrons. The summed E-state index contributed by atoms with van der Waals surface area (Å²) in [7, 11) is 0. The van der Waals surface area contributed by atoms with E-state index in [-0.39, 0.29) is 10.6 Å². The first-order chi connectivity index (χ1) is 6.86. The Labute approximate surface area is 89.8 Å². The number of halogens is 4. The Balaban J connectivity index is 3.14. The Kier molecular flexibility index (Phi) is 3.42. The Morgan fingerprint density at radius 2 is 2.00 bits per heavy atom. The van der Waals surface area contributed by atoms with E-state index < -0.39 is 17.8 Å². The van der Waals surface area contributed by atoms with Gasteiger partial charge in [-0.1, -0.05) is 23.7 Å². The van der Waals surface area contributed by atoms with E-state index >= 15 is 0 Å². The van der Waals surface area contributed by atoms with Crippen LogP contribution in [0.4, 0.5) is 13.2 Å². The molecule has 1 aromatic rings. The van der Waals surface area contributed by atoms with Gasteiger partial charge in [0, 0.05) is 10.6 Å². The molecule has 0 spiro atoms. The summed E-state index contributed by atoms with van der Waals surface area (Å²) >= 11 is 5.60. The molecule has 0 heterocycles. The summed E-state index contributed by atoms with van der Waals surface area (Å²) in [4.78, 5) is 0. The van der Waals surface area contributed by atoms with Crippen LogP contribution in [0.25, 0.3) is 0 Å². The molecule has 1 N–H and O–H groups in total. The predicted molar refractivity (Wildman–Crippen MR) is 51.6 cm³/mol. The molecular weight excluding hydrogens is 229 g/mol. The first kappa shape index (κ1) is 12.1. The number of benzene rings is 1. The van der Waals surface area contributed by atoms with Gasteiger partial charge in [-0.05, 0) is 12.1 Å². The summed E-state index contributed by atoms with van der Waals surface area (Å²) in [6.07, 6.45) is -4.30. The van der Waals surface area contributed by atoms with Crippen molar-refractivity contribution in [2.75, 3.05) is 0 Å². The number of hydrogen-bond donors (Lipinski definition) is 1. The minimum Gasteiger partial charge on any atom is -0.384 e. The minimum absolute atomic E-state index is 0.128. The SMILES string of the molecule is C=CC(O)c1ccc(C(F)(F)F)cc1Cl. The third kappa shape index (κ3) is 2.73. The predicted octanol–water partition coefficient (Wildman–Crippen LogP) is 3.58. The van der Waals surface area contributed by atoms with E-state index in [1.54, 1.807) is 0 Å². The smallest absolute Gasteiger partial charge is 0.384 e. The minimum atomic E-state index is -4.43. The van der Waals surface area contributed by atoms with Gasteiger partial charge in [0.1, 0.15) is 0 Å². The van der Waals surface area contributed by atoms with Crippen LogP contribution in [-0.4, -0.2) is 5.11 Å². The lowest BCUT2D eigenvalue weighted by Crippen LogP contribution is -2.05. The van der Waals surface area contributed by atoms with E-state index in [2.05, 4.69) is 6.58 Å². The van der Waals surface area contributed by atoms with Gasteiger partial charge in [0.05, 0.1) is 11.7 Å². The maximum absolute atomic E-state index is 12.2. The van der Waals surface area contributed by atoms with E-state index in [1.165, 1.54) is 6.08 Å². The first-order valence-electron chi connectivity index (χ1n) is 4.03. The number of hydrogen-bond acceptors (Lipinski definition) is 1. The lowest BCUT2D eigenvalue weighted by atomic mass is 10.1. The fourth-order valence-electron chi connectivity index (χ4n) is 1.07. The standard InChI is InChI=1S/C10H8ClF3O/c1-2-9(15)7-4-3-6(5-8(7)11)10(12,13)14/h2-5,9,15H,1H2. The zero-order valence-corrected chi connectivity index (χ0v) is 8.31. The molecule has 0 bridgehead atoms. The normalized spacial score (nSPS) is 13.7. The zero-order valence-electron chi connectivity index (χ0n) is 7.55. The highest BCUT2D eigenvalue weighted by molar-refractivity contribution is 6.31. The van der Waals surface area contributed by atoms with Gasteiger partial charge in [-0.2, -0.15) is 13.2 Å². The molecule has 0 aromatic heterocycles. The lowest BCUT2D eigenvalue weighted by Gasteiger charge is -2.11. The number of aliphatic hydroxyl groups is 1. The largest absolute Gasteiger partial charge is 0.416 e. The van der Waals surface area contributed by atoms with Gasteiger partial charge in [0.2, 0.25) is 0 Å². The van der Waals surface area contributed by atoms with E-state index in [0.717, 1.165) is 18.2 Å². The number of rotatable bonds is 2. The fourth-order valence-corrected chi connectivity index (χ4v) is 1.36. The third-order valence-electron chi connectivity index (χ3n) is 1.87. The second kappa shape index (κ2) is 4.24. The molecule has 0 saturated heterocycles. The summed E-state index contributed by atoms with van der Waals surface area (Å²) in [5.41, 5.74) is -0.632. The van der Waals surface area contributed by atoms with Crippen LogP contribution in [-0.2, 0) is 6.18 Å². The summed E-state index contributed by atoms with van der Waals surface area (Å²) in [5.74, 6) is 0. The molecule has 0 fully saturated rings. The molecule has 0 amide bonds. The van der Waals surface area contributed by atoms with Gasteiger partial charge in [0.15, 0.2) is 0 Å². The fraction of sp³-hybridized carbons (Fsp3) is 0.200. The highest BCUT2D eigenvalue weighted by atomic mass is 35.5. The van der Waals surface area contributed by atoms with E-state index in [9.17, 15) is 18.3 Å². The first-order valence-corrected chi connectivity index (χ1v) is 4.41. The average molecular weight is 237 g/mol. The van der Waals surface area contributed by atoms with Crippen molar-refractivity contribution in [3.05, 3.63) is 47.0 Å². The second-order valence-corrected chi connectivity index (χ2v) is 3.32. The van der Waals surface area contributed by atoms with Gasteiger partial charge in [-0.25, -0.2) is 0 Å². The van der Waals surface area contributed by atoms with Crippen LogP contribution < -0.4 is 0 Å². The van der Waals surface area contributed by atoms with Crippen LogP contribution in [0.2, 0.25) is 5.02 Å². The molecule has 1 unspecified atom stereocenters. The molecule has 5 heteroatoms. The number of aliphatic hydroxyl groups excluding tert-OH is 1. The summed E-state index contributed by atoms with van der Waals surface area (Å²) in [6, 6.07) is 2.79. The van der Waals surface area contributed by atoms with Gasteiger partial charge >= 0.3 is 6.18 Å². The summed E-state index contributed by atoms with van der Waals surface area (Å²) < 4.78 is 36.7. The third-order valence-corrected chi connectivity index (χ3v) is 2.20. The Morgan fingerprint density at radius 3 is 2.40 bits per heavy atom. The van der Waals surface area contributed by atoms with Crippen LogP contribution in [0.1, 0.15) is 17.2 Å². The Hall–Kier alpha value is -1.00. The molecule has 0 aliphatic rings. The number of alkyl halides is 3. The van der Waals surface area contributed by atoms with Crippen molar-refractivity contribution in [2.45, 2.75) is 12.3 Å². The molecule has 0 aliphatic carbocycles. The maximum atomic E-state index is 12.2. The quantitative estimate of drug-likeness (QED) is 0.779. The average Bonchev–Trinajstić information content (AvgIpc) is 2.15. The van der Waals surface area contributed by atoms with Crippen molar-refractivity contribution in [3.8, 4) is 0 Å². The highest BCUT2D eigenvalue weighted by Crippen LogP contribution is 2.33. The molecule has 15 heavy (non-hydrogen) atoms.